The summed E-state index contributed by atoms with van der Waals surface area (Å²) < 4.78 is 25.2. The summed E-state index contributed by atoms with van der Waals surface area (Å²) in [5.74, 6) is 0. The lowest BCUT2D eigenvalue weighted by atomic mass is 10.3. The molecule has 0 heterocycles. The minimum absolute atomic E-state index is 0.340. The van der Waals surface area contributed by atoms with Gasteiger partial charge in [0.2, 0.25) is 10.0 Å². The maximum absolute atomic E-state index is 11.4. The van der Waals surface area contributed by atoms with Gasteiger partial charge in [0, 0.05) is 6.54 Å². The lowest BCUT2D eigenvalue weighted by Crippen LogP contribution is -2.35. The Hall–Kier alpha value is -0.170. The average Bonchev–Trinajstić information content (AvgIpc) is 2.15. The molecular formula is C9H22N2O3S. The third kappa shape index (κ3) is 6.83. The van der Waals surface area contributed by atoms with Crippen LogP contribution in [0.15, 0.2) is 0 Å². The van der Waals surface area contributed by atoms with E-state index in [1.54, 1.807) is 0 Å². The number of aliphatic hydroxyl groups excluding tert-OH is 1. The van der Waals surface area contributed by atoms with Crippen LogP contribution in [0.25, 0.3) is 0 Å². The van der Waals surface area contributed by atoms with Crippen molar-refractivity contribution in [2.75, 3.05) is 33.8 Å². The van der Waals surface area contributed by atoms with Crippen LogP contribution in [-0.4, -0.2) is 57.5 Å². The van der Waals surface area contributed by atoms with E-state index in [0.29, 0.717) is 6.54 Å². The maximum atomic E-state index is 11.4. The second-order valence-electron chi connectivity index (χ2n) is 3.94. The van der Waals surface area contributed by atoms with E-state index in [-0.39, 0.29) is 6.61 Å². The highest BCUT2D eigenvalue weighted by molar-refractivity contribution is 7.90. The Bertz CT molecular complexity index is 252. The van der Waals surface area contributed by atoms with Gasteiger partial charge in [-0.3, -0.25) is 0 Å². The van der Waals surface area contributed by atoms with Crippen LogP contribution >= 0.6 is 0 Å². The van der Waals surface area contributed by atoms with E-state index >= 15 is 0 Å². The van der Waals surface area contributed by atoms with E-state index < -0.39 is 15.3 Å². The third-order valence-corrected chi connectivity index (χ3v) is 3.94. The zero-order chi connectivity index (χ0) is 11.9. The van der Waals surface area contributed by atoms with Gasteiger partial charge >= 0.3 is 0 Å². The van der Waals surface area contributed by atoms with Crippen molar-refractivity contribution < 1.29 is 13.5 Å². The Morgan fingerprint density at radius 2 is 1.93 bits per heavy atom. The molecule has 15 heavy (non-hydrogen) atoms. The van der Waals surface area contributed by atoms with Gasteiger partial charge in [-0.25, -0.2) is 13.1 Å². The van der Waals surface area contributed by atoms with Crippen LogP contribution in [0.2, 0.25) is 0 Å². The minimum atomic E-state index is -3.32. The fourth-order valence-electron chi connectivity index (χ4n) is 1.01. The SMILES string of the molecule is CC(CO)S(=O)(=O)NCCCCN(C)C. The average molecular weight is 238 g/mol. The van der Waals surface area contributed by atoms with E-state index in [9.17, 15) is 8.42 Å². The highest BCUT2D eigenvalue weighted by Crippen LogP contribution is 1.97. The third-order valence-electron chi connectivity index (χ3n) is 2.12. The van der Waals surface area contributed by atoms with Gasteiger partial charge in [-0.2, -0.15) is 0 Å². The summed E-state index contributed by atoms with van der Waals surface area (Å²) in [6.45, 7) is 2.55. The molecule has 0 aliphatic heterocycles. The van der Waals surface area contributed by atoms with E-state index in [1.807, 2.05) is 14.1 Å². The Balaban J connectivity index is 3.67. The van der Waals surface area contributed by atoms with Gasteiger partial charge in [0.1, 0.15) is 0 Å². The molecule has 0 saturated heterocycles. The number of rotatable bonds is 8. The molecular weight excluding hydrogens is 216 g/mol. The van der Waals surface area contributed by atoms with E-state index in [2.05, 4.69) is 9.62 Å². The molecule has 92 valence electrons. The number of aliphatic hydroxyl groups is 1. The van der Waals surface area contributed by atoms with Gasteiger partial charge in [-0.05, 0) is 40.4 Å². The molecule has 5 nitrogen and oxygen atoms in total. The normalized spacial score (nSPS) is 14.5. The van der Waals surface area contributed by atoms with Gasteiger partial charge in [-0.1, -0.05) is 0 Å². The molecule has 0 aliphatic carbocycles. The first-order valence-corrected chi connectivity index (χ1v) is 6.69. The molecule has 0 aromatic heterocycles. The molecule has 0 fully saturated rings. The second kappa shape index (κ2) is 7.16. The summed E-state index contributed by atoms with van der Waals surface area (Å²) in [4.78, 5) is 2.06. The molecule has 0 rings (SSSR count). The maximum Gasteiger partial charge on any atom is 0.216 e. The van der Waals surface area contributed by atoms with Crippen LogP contribution in [0.1, 0.15) is 19.8 Å². The largest absolute Gasteiger partial charge is 0.395 e. The Kier molecular flexibility index (Phi) is 7.08. The van der Waals surface area contributed by atoms with Gasteiger partial charge in [0.05, 0.1) is 11.9 Å². The molecule has 0 bridgehead atoms. The highest BCUT2D eigenvalue weighted by Gasteiger charge is 2.18. The number of hydrogen-bond donors (Lipinski definition) is 2. The van der Waals surface area contributed by atoms with Gasteiger partial charge in [-0.15, -0.1) is 0 Å². The molecule has 2 N–H and O–H groups in total. The van der Waals surface area contributed by atoms with E-state index in [0.717, 1.165) is 19.4 Å². The number of nitrogens with zero attached hydrogens (tertiary/aromatic N) is 1. The van der Waals surface area contributed by atoms with Crippen molar-refractivity contribution in [2.24, 2.45) is 0 Å². The van der Waals surface area contributed by atoms with Crippen molar-refractivity contribution in [2.45, 2.75) is 25.0 Å². The Morgan fingerprint density at radius 1 is 1.33 bits per heavy atom. The predicted molar refractivity (Wildman–Crippen MR) is 61.3 cm³/mol. The summed E-state index contributed by atoms with van der Waals surface area (Å²) in [5, 5.41) is 7.99. The lowest BCUT2D eigenvalue weighted by molar-refractivity contribution is 0.294. The zero-order valence-corrected chi connectivity index (χ0v) is 10.5. The van der Waals surface area contributed by atoms with Crippen LogP contribution in [0.5, 0.6) is 0 Å². The predicted octanol–water partition coefficient (Wildman–Crippen LogP) is -0.372. The van der Waals surface area contributed by atoms with Gasteiger partial charge in [0.25, 0.3) is 0 Å². The van der Waals surface area contributed by atoms with Gasteiger partial charge in [0.15, 0.2) is 0 Å². The highest BCUT2D eigenvalue weighted by atomic mass is 32.2. The van der Waals surface area contributed by atoms with Crippen LogP contribution in [-0.2, 0) is 10.0 Å². The summed E-state index contributed by atoms with van der Waals surface area (Å²) in [6, 6.07) is 0. The molecule has 0 aromatic carbocycles. The number of hydrogen-bond acceptors (Lipinski definition) is 4. The minimum Gasteiger partial charge on any atom is -0.395 e. The summed E-state index contributed by atoms with van der Waals surface area (Å²) >= 11 is 0. The van der Waals surface area contributed by atoms with Crippen molar-refractivity contribution in [3.63, 3.8) is 0 Å². The Labute approximate surface area is 92.5 Å². The van der Waals surface area contributed by atoms with E-state index in [4.69, 9.17) is 5.11 Å². The lowest BCUT2D eigenvalue weighted by Gasteiger charge is -2.12. The topological polar surface area (TPSA) is 69.6 Å². The fraction of sp³-hybridized carbons (Fsp3) is 1.00. The molecule has 1 unspecified atom stereocenters. The first-order valence-electron chi connectivity index (χ1n) is 5.14. The molecule has 6 heteroatoms. The number of nitrogens with one attached hydrogen (secondary N) is 1. The van der Waals surface area contributed by atoms with Crippen LogP contribution < -0.4 is 4.72 Å². The van der Waals surface area contributed by atoms with Crippen molar-refractivity contribution in [1.29, 1.82) is 0 Å². The summed E-state index contributed by atoms with van der Waals surface area (Å²) in [6.07, 6.45) is 1.78. The quantitative estimate of drug-likeness (QED) is 0.566. The molecule has 0 spiro atoms. The summed E-state index contributed by atoms with van der Waals surface area (Å²) in [5.41, 5.74) is 0. The van der Waals surface area contributed by atoms with Gasteiger partial charge < -0.3 is 10.0 Å². The van der Waals surface area contributed by atoms with Crippen LogP contribution in [0.3, 0.4) is 0 Å². The molecule has 0 amide bonds. The van der Waals surface area contributed by atoms with Crippen molar-refractivity contribution >= 4 is 10.0 Å². The van der Waals surface area contributed by atoms with Crippen molar-refractivity contribution in [3.05, 3.63) is 0 Å². The molecule has 0 radical (unpaired) electrons. The zero-order valence-electron chi connectivity index (χ0n) is 9.73. The standard InChI is InChI=1S/C9H22N2O3S/c1-9(8-12)15(13,14)10-6-4-5-7-11(2)3/h9-10,12H,4-8H2,1-3H3. The van der Waals surface area contributed by atoms with Crippen LogP contribution in [0.4, 0.5) is 0 Å². The Morgan fingerprint density at radius 3 is 2.40 bits per heavy atom. The fourth-order valence-corrected chi connectivity index (χ4v) is 1.92. The van der Waals surface area contributed by atoms with Crippen molar-refractivity contribution in [1.82, 2.24) is 9.62 Å². The molecule has 0 saturated carbocycles. The molecule has 0 aliphatic rings. The first kappa shape index (κ1) is 14.8. The monoisotopic (exact) mass is 238 g/mol. The molecule has 1 atom stereocenters. The summed E-state index contributed by atoms with van der Waals surface area (Å²) in [7, 11) is 0.644. The smallest absolute Gasteiger partial charge is 0.216 e. The molecule has 0 aromatic rings. The van der Waals surface area contributed by atoms with Crippen LogP contribution in [0, 0.1) is 0 Å². The second-order valence-corrected chi connectivity index (χ2v) is 6.13. The first-order chi connectivity index (χ1) is 6.90. The van der Waals surface area contributed by atoms with E-state index in [1.165, 1.54) is 6.92 Å². The van der Waals surface area contributed by atoms with Crippen molar-refractivity contribution in [3.8, 4) is 0 Å². The number of unbranched alkanes of at least 4 members (excludes halogenated alkanes) is 1. The number of sulfonamides is 1.